The van der Waals surface area contributed by atoms with Crippen molar-refractivity contribution in [3.8, 4) is 16.9 Å². The SMILES string of the molecule is CC(C)c1nc(C(C)C)c(COc2ccc(C(F)(F)F)cc2)c(-c2ccc(F)cc2)c1CO. The number of aliphatic hydroxyl groups excluding tert-OH is 1. The average molecular weight is 461 g/mol. The molecule has 0 atom stereocenters. The average Bonchev–Trinajstić information content (AvgIpc) is 2.76. The molecule has 0 spiro atoms. The van der Waals surface area contributed by atoms with Crippen LogP contribution in [-0.2, 0) is 19.4 Å². The third-order valence-corrected chi connectivity index (χ3v) is 5.41. The molecule has 0 saturated carbocycles. The smallest absolute Gasteiger partial charge is 0.416 e. The lowest BCUT2D eigenvalue weighted by molar-refractivity contribution is -0.137. The van der Waals surface area contributed by atoms with Gasteiger partial charge in [-0.15, -0.1) is 0 Å². The molecular formula is C26H27F4NO2. The van der Waals surface area contributed by atoms with Gasteiger partial charge in [-0.05, 0) is 59.4 Å². The lowest BCUT2D eigenvalue weighted by atomic mass is 9.87. The zero-order valence-corrected chi connectivity index (χ0v) is 19.0. The van der Waals surface area contributed by atoms with Gasteiger partial charge in [0.15, 0.2) is 0 Å². The summed E-state index contributed by atoms with van der Waals surface area (Å²) in [4.78, 5) is 4.84. The summed E-state index contributed by atoms with van der Waals surface area (Å²) in [6.45, 7) is 7.71. The third kappa shape index (κ3) is 5.53. The highest BCUT2D eigenvalue weighted by Crippen LogP contribution is 2.37. The van der Waals surface area contributed by atoms with E-state index in [0.717, 1.165) is 23.5 Å². The van der Waals surface area contributed by atoms with Gasteiger partial charge in [-0.1, -0.05) is 39.8 Å². The maximum atomic E-state index is 13.6. The van der Waals surface area contributed by atoms with Gasteiger partial charge in [-0.2, -0.15) is 13.2 Å². The van der Waals surface area contributed by atoms with Gasteiger partial charge in [-0.25, -0.2) is 4.39 Å². The molecule has 0 amide bonds. The Morgan fingerprint density at radius 1 is 0.848 bits per heavy atom. The first-order valence-corrected chi connectivity index (χ1v) is 10.7. The summed E-state index contributed by atoms with van der Waals surface area (Å²) in [5, 5.41) is 10.2. The van der Waals surface area contributed by atoms with Crippen LogP contribution in [0.4, 0.5) is 17.6 Å². The lowest BCUT2D eigenvalue weighted by Crippen LogP contribution is -2.14. The Labute approximate surface area is 191 Å². The van der Waals surface area contributed by atoms with Crippen LogP contribution in [-0.4, -0.2) is 10.1 Å². The minimum atomic E-state index is -4.42. The summed E-state index contributed by atoms with van der Waals surface area (Å²) in [6, 6.07) is 10.5. The Bertz CT molecular complexity index is 1090. The lowest BCUT2D eigenvalue weighted by Gasteiger charge is -2.24. The summed E-state index contributed by atoms with van der Waals surface area (Å²) in [5.74, 6) is -0.0512. The molecule has 1 heterocycles. The molecular weight excluding hydrogens is 434 g/mol. The minimum Gasteiger partial charge on any atom is -0.489 e. The van der Waals surface area contributed by atoms with Gasteiger partial charge in [0.1, 0.15) is 18.2 Å². The molecule has 0 aliphatic rings. The van der Waals surface area contributed by atoms with E-state index in [0.29, 0.717) is 22.3 Å². The minimum absolute atomic E-state index is 0.0145. The second kappa shape index (κ2) is 9.91. The van der Waals surface area contributed by atoms with Crippen LogP contribution in [0.25, 0.3) is 11.1 Å². The molecule has 0 fully saturated rings. The monoisotopic (exact) mass is 461 g/mol. The number of pyridine rings is 1. The van der Waals surface area contributed by atoms with E-state index < -0.39 is 11.7 Å². The van der Waals surface area contributed by atoms with Crippen LogP contribution in [0.2, 0.25) is 0 Å². The van der Waals surface area contributed by atoms with Crippen molar-refractivity contribution in [2.75, 3.05) is 0 Å². The Morgan fingerprint density at radius 2 is 1.39 bits per heavy atom. The summed E-state index contributed by atoms with van der Waals surface area (Å²) in [7, 11) is 0. The zero-order valence-electron chi connectivity index (χ0n) is 19.0. The molecule has 3 rings (SSSR count). The first-order valence-electron chi connectivity index (χ1n) is 10.7. The molecule has 33 heavy (non-hydrogen) atoms. The van der Waals surface area contributed by atoms with Crippen LogP contribution < -0.4 is 4.74 Å². The van der Waals surface area contributed by atoms with Crippen molar-refractivity contribution < 1.29 is 27.4 Å². The number of aliphatic hydroxyl groups is 1. The maximum absolute atomic E-state index is 13.6. The standard InChI is InChI=1S/C26H27F4NO2/c1-15(2)24-21(13-32)23(17-5-9-19(27)10-6-17)22(25(31-24)16(3)4)14-33-20-11-7-18(8-12-20)26(28,29)30/h5-12,15-16,32H,13-14H2,1-4H3. The van der Waals surface area contributed by atoms with Crippen LogP contribution in [0.3, 0.4) is 0 Å². The van der Waals surface area contributed by atoms with E-state index in [2.05, 4.69) is 0 Å². The number of ether oxygens (including phenoxy) is 1. The number of rotatable bonds is 7. The molecule has 0 radical (unpaired) electrons. The first kappa shape index (κ1) is 24.7. The summed E-state index contributed by atoms with van der Waals surface area (Å²) in [5.41, 5.74) is 3.53. The van der Waals surface area contributed by atoms with Gasteiger partial charge in [0.05, 0.1) is 17.9 Å². The predicted octanol–water partition coefficient (Wildman–Crippen LogP) is 7.22. The van der Waals surface area contributed by atoms with Crippen LogP contribution in [0.15, 0.2) is 48.5 Å². The molecule has 1 aromatic heterocycles. The molecule has 0 saturated heterocycles. The van der Waals surface area contributed by atoms with Gasteiger partial charge < -0.3 is 9.84 Å². The van der Waals surface area contributed by atoms with E-state index in [1.165, 1.54) is 24.3 Å². The van der Waals surface area contributed by atoms with Crippen molar-refractivity contribution in [1.82, 2.24) is 4.98 Å². The molecule has 7 heteroatoms. The zero-order chi connectivity index (χ0) is 24.3. The highest BCUT2D eigenvalue weighted by atomic mass is 19.4. The quantitative estimate of drug-likeness (QED) is 0.378. The molecule has 1 N–H and O–H groups in total. The van der Waals surface area contributed by atoms with E-state index >= 15 is 0 Å². The van der Waals surface area contributed by atoms with Gasteiger partial charge in [-0.3, -0.25) is 4.98 Å². The van der Waals surface area contributed by atoms with Crippen molar-refractivity contribution in [2.45, 2.75) is 58.9 Å². The van der Waals surface area contributed by atoms with Gasteiger partial charge in [0, 0.05) is 16.8 Å². The predicted molar refractivity (Wildman–Crippen MR) is 120 cm³/mol. The first-order chi connectivity index (χ1) is 15.5. The highest BCUT2D eigenvalue weighted by Gasteiger charge is 2.30. The number of aromatic nitrogens is 1. The maximum Gasteiger partial charge on any atom is 0.416 e. The molecule has 3 aromatic rings. The second-order valence-corrected chi connectivity index (χ2v) is 8.50. The third-order valence-electron chi connectivity index (χ3n) is 5.41. The second-order valence-electron chi connectivity index (χ2n) is 8.50. The summed E-state index contributed by atoms with van der Waals surface area (Å²) < 4.78 is 58.1. The normalized spacial score (nSPS) is 12.0. The van der Waals surface area contributed by atoms with Crippen molar-refractivity contribution >= 4 is 0 Å². The molecule has 2 aromatic carbocycles. The topological polar surface area (TPSA) is 42.4 Å². The molecule has 3 nitrogen and oxygen atoms in total. The Morgan fingerprint density at radius 3 is 1.88 bits per heavy atom. The van der Waals surface area contributed by atoms with E-state index in [4.69, 9.17) is 9.72 Å². The highest BCUT2D eigenvalue weighted by molar-refractivity contribution is 5.73. The van der Waals surface area contributed by atoms with Gasteiger partial charge in [0.25, 0.3) is 0 Å². The molecule has 176 valence electrons. The van der Waals surface area contributed by atoms with Crippen LogP contribution >= 0.6 is 0 Å². The molecule has 0 unspecified atom stereocenters. The van der Waals surface area contributed by atoms with E-state index in [-0.39, 0.29) is 36.6 Å². The van der Waals surface area contributed by atoms with Crippen molar-refractivity contribution in [3.63, 3.8) is 0 Å². The van der Waals surface area contributed by atoms with Crippen molar-refractivity contribution in [2.24, 2.45) is 0 Å². The van der Waals surface area contributed by atoms with Crippen LogP contribution in [0.1, 0.15) is 67.6 Å². The number of halogens is 4. The fraction of sp³-hybridized carbons (Fsp3) is 0.346. The van der Waals surface area contributed by atoms with Gasteiger partial charge in [0.2, 0.25) is 0 Å². The molecule has 0 bridgehead atoms. The van der Waals surface area contributed by atoms with E-state index in [9.17, 15) is 22.7 Å². The largest absolute Gasteiger partial charge is 0.489 e. The summed E-state index contributed by atoms with van der Waals surface area (Å²) in [6.07, 6.45) is -4.42. The van der Waals surface area contributed by atoms with Crippen LogP contribution in [0, 0.1) is 5.82 Å². The van der Waals surface area contributed by atoms with Crippen molar-refractivity contribution in [1.29, 1.82) is 0 Å². The fourth-order valence-electron chi connectivity index (χ4n) is 3.82. The van der Waals surface area contributed by atoms with Crippen LogP contribution in [0.5, 0.6) is 5.75 Å². The molecule has 0 aliphatic carbocycles. The van der Waals surface area contributed by atoms with Crippen molar-refractivity contribution in [3.05, 3.63) is 82.4 Å². The van der Waals surface area contributed by atoms with Gasteiger partial charge >= 0.3 is 6.18 Å². The number of benzene rings is 2. The Balaban J connectivity index is 2.12. The van der Waals surface area contributed by atoms with E-state index in [1.807, 2.05) is 27.7 Å². The summed E-state index contributed by atoms with van der Waals surface area (Å²) >= 11 is 0. The number of nitrogens with zero attached hydrogens (tertiary/aromatic N) is 1. The number of hydrogen-bond donors (Lipinski definition) is 1. The Hall–Kier alpha value is -2.93. The Kier molecular flexibility index (Phi) is 7.42. The number of hydrogen-bond acceptors (Lipinski definition) is 3. The van der Waals surface area contributed by atoms with E-state index in [1.54, 1.807) is 12.1 Å². The number of alkyl halides is 3. The molecule has 0 aliphatic heterocycles. The fourth-order valence-corrected chi connectivity index (χ4v) is 3.82.